The van der Waals surface area contributed by atoms with Gasteiger partial charge in [0.25, 0.3) is 5.91 Å². The molecule has 1 fully saturated rings. The van der Waals surface area contributed by atoms with Crippen LogP contribution in [0.1, 0.15) is 63.6 Å². The summed E-state index contributed by atoms with van der Waals surface area (Å²) in [5, 5.41) is 3.18. The molecule has 0 unspecified atom stereocenters. The molecule has 5 heteroatoms. The fraction of sp³-hybridized carbons (Fsp3) is 0.444. The van der Waals surface area contributed by atoms with Gasteiger partial charge in [0.1, 0.15) is 6.04 Å². The largest absolute Gasteiger partial charge is 0.347 e. The van der Waals surface area contributed by atoms with Crippen molar-refractivity contribution < 1.29 is 14.4 Å². The number of carbonyl (C=O) groups is 3. The van der Waals surface area contributed by atoms with Crippen molar-refractivity contribution >= 4 is 17.6 Å². The fourth-order valence-electron chi connectivity index (χ4n) is 4.09. The number of nitrogens with one attached hydrogen (secondary N) is 1. The molecule has 1 heterocycles. The second-order valence-corrected chi connectivity index (χ2v) is 9.22. The average molecular weight is 435 g/mol. The van der Waals surface area contributed by atoms with E-state index in [0.717, 1.165) is 24.8 Å². The molecule has 32 heavy (non-hydrogen) atoms. The van der Waals surface area contributed by atoms with Crippen molar-refractivity contribution in [3.05, 3.63) is 71.8 Å². The Balaban J connectivity index is 1.73. The molecule has 1 aliphatic heterocycles. The maximum absolute atomic E-state index is 13.3. The molecule has 0 spiro atoms. The Kier molecular flexibility index (Phi) is 7.84. The molecule has 1 saturated heterocycles. The van der Waals surface area contributed by atoms with E-state index in [-0.39, 0.29) is 11.9 Å². The second-order valence-electron chi connectivity index (χ2n) is 9.22. The van der Waals surface area contributed by atoms with Crippen LogP contribution in [0.15, 0.2) is 60.7 Å². The zero-order valence-corrected chi connectivity index (χ0v) is 19.3. The molecule has 0 bridgehead atoms. The topological polar surface area (TPSA) is 66.5 Å². The van der Waals surface area contributed by atoms with Gasteiger partial charge in [-0.2, -0.15) is 0 Å². The van der Waals surface area contributed by atoms with Crippen molar-refractivity contribution in [2.45, 2.75) is 65.0 Å². The quantitative estimate of drug-likeness (QED) is 0.592. The first-order valence-electron chi connectivity index (χ1n) is 11.6. The third-order valence-electron chi connectivity index (χ3n) is 6.59. The number of hydrogen-bond acceptors (Lipinski definition) is 3. The highest BCUT2D eigenvalue weighted by Gasteiger charge is 2.41. The van der Waals surface area contributed by atoms with Gasteiger partial charge in [-0.1, -0.05) is 81.4 Å². The Hall–Kier alpha value is -2.95. The summed E-state index contributed by atoms with van der Waals surface area (Å²) >= 11 is 0. The van der Waals surface area contributed by atoms with E-state index < -0.39 is 23.1 Å². The van der Waals surface area contributed by atoms with Crippen LogP contribution < -0.4 is 5.32 Å². The molecule has 5 nitrogen and oxygen atoms in total. The van der Waals surface area contributed by atoms with E-state index in [9.17, 15) is 14.4 Å². The first-order valence-corrected chi connectivity index (χ1v) is 11.6. The third kappa shape index (κ3) is 5.64. The molecule has 2 aromatic rings. The van der Waals surface area contributed by atoms with Gasteiger partial charge in [-0.15, -0.1) is 0 Å². The van der Waals surface area contributed by atoms with Crippen LogP contribution in [0.4, 0.5) is 0 Å². The lowest BCUT2D eigenvalue weighted by atomic mass is 9.84. The number of carbonyl (C=O) groups excluding carboxylic acids is 3. The second kappa shape index (κ2) is 10.6. The van der Waals surface area contributed by atoms with Gasteiger partial charge in [0.05, 0.1) is 6.04 Å². The van der Waals surface area contributed by atoms with Gasteiger partial charge in [-0.05, 0) is 43.2 Å². The number of nitrogens with zero attached hydrogens (tertiary/aromatic N) is 1. The summed E-state index contributed by atoms with van der Waals surface area (Å²) in [5.41, 5.74) is 1.53. The Bertz CT molecular complexity index is 924. The van der Waals surface area contributed by atoms with Gasteiger partial charge in [0, 0.05) is 12.0 Å². The summed E-state index contributed by atoms with van der Waals surface area (Å²) in [4.78, 5) is 40.4. The minimum Gasteiger partial charge on any atom is -0.347 e. The van der Waals surface area contributed by atoms with E-state index in [2.05, 4.69) is 17.4 Å². The summed E-state index contributed by atoms with van der Waals surface area (Å²) < 4.78 is 0. The van der Waals surface area contributed by atoms with Gasteiger partial charge < -0.3 is 10.2 Å². The number of hydrogen-bond donors (Lipinski definition) is 1. The summed E-state index contributed by atoms with van der Waals surface area (Å²) in [6, 6.07) is 19.4. The summed E-state index contributed by atoms with van der Waals surface area (Å²) in [6.45, 7) is 5.92. The van der Waals surface area contributed by atoms with Crippen LogP contribution in [0.5, 0.6) is 0 Å². The summed E-state index contributed by atoms with van der Waals surface area (Å²) in [5.74, 6) is -1.13. The van der Waals surface area contributed by atoms with E-state index in [0.29, 0.717) is 19.4 Å². The zero-order valence-electron chi connectivity index (χ0n) is 19.3. The lowest BCUT2D eigenvalue weighted by Gasteiger charge is -2.29. The van der Waals surface area contributed by atoms with Crippen molar-refractivity contribution in [1.82, 2.24) is 10.2 Å². The predicted molar refractivity (Wildman–Crippen MR) is 126 cm³/mol. The average Bonchev–Trinajstić information content (AvgIpc) is 3.32. The van der Waals surface area contributed by atoms with Gasteiger partial charge in [-0.3, -0.25) is 14.4 Å². The summed E-state index contributed by atoms with van der Waals surface area (Å²) in [6.07, 6.45) is 3.47. The molecular weight excluding hydrogens is 400 g/mol. The number of aryl methyl sites for hydroxylation is 1. The van der Waals surface area contributed by atoms with E-state index in [4.69, 9.17) is 0 Å². The smallest absolute Gasteiger partial charge is 0.291 e. The van der Waals surface area contributed by atoms with E-state index in [1.807, 2.05) is 55.5 Å². The number of Topliss-reactive ketones (excluding diaryl/α,β-unsaturated/α-hetero) is 1. The van der Waals surface area contributed by atoms with Crippen molar-refractivity contribution in [2.75, 3.05) is 6.54 Å². The number of amides is 2. The molecule has 0 aromatic heterocycles. The molecule has 0 radical (unpaired) electrons. The third-order valence-corrected chi connectivity index (χ3v) is 6.59. The van der Waals surface area contributed by atoms with Gasteiger partial charge >= 0.3 is 0 Å². The predicted octanol–water partition coefficient (Wildman–Crippen LogP) is 4.47. The number of rotatable bonds is 9. The maximum atomic E-state index is 13.3. The minimum atomic E-state index is -0.719. The molecule has 1 N–H and O–H groups in total. The summed E-state index contributed by atoms with van der Waals surface area (Å²) in [7, 11) is 0. The first-order chi connectivity index (χ1) is 15.3. The van der Waals surface area contributed by atoms with E-state index in [1.165, 1.54) is 10.5 Å². The molecule has 0 saturated carbocycles. The highest BCUT2D eigenvalue weighted by molar-refractivity contribution is 6.38. The van der Waals surface area contributed by atoms with Crippen LogP contribution in [0.3, 0.4) is 0 Å². The SMILES string of the molecule is CCC(C)(C)C(=O)C(=O)N1CCC[C@H]1C(=O)N[C@H](CCc1ccccc1)c1ccccc1. The van der Waals surface area contributed by atoms with Crippen LogP contribution in [0.25, 0.3) is 0 Å². The Morgan fingerprint density at radius 1 is 1.03 bits per heavy atom. The molecule has 1 aliphatic rings. The van der Waals surface area contributed by atoms with E-state index >= 15 is 0 Å². The molecule has 170 valence electrons. The lowest BCUT2D eigenvalue weighted by Crippen LogP contribution is -2.50. The van der Waals surface area contributed by atoms with Crippen molar-refractivity contribution in [3.8, 4) is 0 Å². The van der Waals surface area contributed by atoms with Gasteiger partial charge in [-0.25, -0.2) is 0 Å². The van der Waals surface area contributed by atoms with Crippen LogP contribution >= 0.6 is 0 Å². The molecule has 0 aliphatic carbocycles. The Labute approximate surface area is 191 Å². The molecule has 2 atom stereocenters. The highest BCUT2D eigenvalue weighted by Crippen LogP contribution is 2.27. The first kappa shape index (κ1) is 23.7. The van der Waals surface area contributed by atoms with Crippen molar-refractivity contribution in [1.29, 1.82) is 0 Å². The Morgan fingerprint density at radius 2 is 1.66 bits per heavy atom. The minimum absolute atomic E-state index is 0.163. The van der Waals surface area contributed by atoms with Crippen LogP contribution in [0, 0.1) is 5.41 Å². The molecular formula is C27H34N2O3. The van der Waals surface area contributed by atoms with Crippen molar-refractivity contribution in [2.24, 2.45) is 5.41 Å². The molecule has 2 amide bonds. The van der Waals surface area contributed by atoms with Crippen molar-refractivity contribution in [3.63, 3.8) is 0 Å². The standard InChI is InChI=1S/C27H34N2O3/c1-4-27(2,3)24(30)26(32)29-19-11-16-23(29)25(31)28-22(21-14-9-6-10-15-21)18-17-20-12-7-5-8-13-20/h5-10,12-15,22-23H,4,11,16-19H2,1-3H3,(H,28,31)/t22-,23+/m1/s1. The molecule has 2 aromatic carbocycles. The highest BCUT2D eigenvalue weighted by atomic mass is 16.2. The van der Waals surface area contributed by atoms with Crippen LogP contribution in [-0.2, 0) is 20.8 Å². The number of likely N-dealkylation sites (tertiary alicyclic amines) is 1. The maximum Gasteiger partial charge on any atom is 0.291 e. The Morgan fingerprint density at radius 3 is 2.28 bits per heavy atom. The monoisotopic (exact) mass is 434 g/mol. The van der Waals surface area contributed by atoms with Gasteiger partial charge in [0.2, 0.25) is 11.7 Å². The number of ketones is 1. The lowest BCUT2D eigenvalue weighted by molar-refractivity contribution is -0.151. The fourth-order valence-corrected chi connectivity index (χ4v) is 4.09. The zero-order chi connectivity index (χ0) is 23.1. The van der Waals surface area contributed by atoms with Gasteiger partial charge in [0.15, 0.2) is 0 Å². The normalized spacial score (nSPS) is 17.1. The van der Waals surface area contributed by atoms with Crippen LogP contribution in [0.2, 0.25) is 0 Å². The van der Waals surface area contributed by atoms with E-state index in [1.54, 1.807) is 13.8 Å². The molecule has 3 rings (SSSR count). The number of benzene rings is 2. The van der Waals surface area contributed by atoms with Crippen LogP contribution in [-0.4, -0.2) is 35.1 Å².